The molecule has 0 aromatic heterocycles. The van der Waals surface area contributed by atoms with Gasteiger partial charge in [0.15, 0.2) is 9.84 Å². The number of carbonyl (C=O) groups excluding carboxylic acids is 1. The molecule has 0 spiro atoms. The second-order valence-electron chi connectivity index (χ2n) is 5.69. The Morgan fingerprint density at radius 3 is 2.43 bits per heavy atom. The summed E-state index contributed by atoms with van der Waals surface area (Å²) in [5.41, 5.74) is 5.82. The maximum Gasteiger partial charge on any atom is 0.321 e. The molecule has 1 aromatic rings. The van der Waals surface area contributed by atoms with E-state index in [1.807, 2.05) is 0 Å². The molecule has 0 aliphatic heterocycles. The number of methoxy groups -OCH3 is 1. The van der Waals surface area contributed by atoms with Crippen molar-refractivity contribution in [2.24, 2.45) is 0 Å². The Hall–Kier alpha value is -1.76. The Kier molecular flexibility index (Phi) is 5.22. The topological polar surface area (TPSA) is 95.7 Å². The van der Waals surface area contributed by atoms with Crippen LogP contribution < -0.4 is 10.5 Å². The number of esters is 1. The molecule has 0 bridgehead atoms. The van der Waals surface area contributed by atoms with Crippen LogP contribution in [0.2, 0.25) is 0 Å². The van der Waals surface area contributed by atoms with Crippen LogP contribution in [0.4, 0.5) is 5.69 Å². The molecular weight excluding hydrogens is 294 g/mol. The van der Waals surface area contributed by atoms with Gasteiger partial charge in [0.05, 0.1) is 12.9 Å². The Morgan fingerprint density at radius 2 is 1.90 bits per heavy atom. The first-order valence-corrected chi connectivity index (χ1v) is 8.19. The van der Waals surface area contributed by atoms with Gasteiger partial charge < -0.3 is 15.2 Å². The number of rotatable bonds is 5. The highest BCUT2D eigenvalue weighted by atomic mass is 32.2. The highest BCUT2D eigenvalue weighted by Gasteiger charge is 2.24. The third kappa shape index (κ3) is 6.03. The highest BCUT2D eigenvalue weighted by Crippen LogP contribution is 2.23. The lowest BCUT2D eigenvalue weighted by molar-refractivity contribution is -0.151. The van der Waals surface area contributed by atoms with E-state index in [1.165, 1.54) is 7.11 Å². The molecule has 0 aliphatic rings. The summed E-state index contributed by atoms with van der Waals surface area (Å²) in [6.45, 7) is 5.04. The van der Waals surface area contributed by atoms with Crippen molar-refractivity contribution < 1.29 is 22.7 Å². The first-order valence-electron chi connectivity index (χ1n) is 6.37. The Bertz CT molecular complexity index is 617. The maximum atomic E-state index is 12.1. The molecule has 1 rings (SSSR count). The van der Waals surface area contributed by atoms with E-state index in [0.29, 0.717) is 17.0 Å². The summed E-state index contributed by atoms with van der Waals surface area (Å²) in [5.74, 6) is -1.37. The molecule has 7 heteroatoms. The Balaban J connectivity index is 2.84. The fourth-order valence-electron chi connectivity index (χ4n) is 1.72. The smallest absolute Gasteiger partial charge is 0.321 e. The van der Waals surface area contributed by atoms with E-state index in [4.69, 9.17) is 15.2 Å². The van der Waals surface area contributed by atoms with E-state index in [-0.39, 0.29) is 5.75 Å². The lowest BCUT2D eigenvalue weighted by atomic mass is 10.2. The molecule has 118 valence electrons. The summed E-state index contributed by atoms with van der Waals surface area (Å²) in [6.07, 6.45) is 0. The van der Waals surface area contributed by atoms with Crippen molar-refractivity contribution in [1.29, 1.82) is 0 Å². The predicted molar refractivity (Wildman–Crippen MR) is 80.7 cm³/mol. The van der Waals surface area contributed by atoms with Crippen LogP contribution in [-0.4, -0.2) is 32.9 Å². The average molecular weight is 315 g/mol. The van der Waals surface area contributed by atoms with Crippen LogP contribution >= 0.6 is 0 Å². The van der Waals surface area contributed by atoms with Crippen LogP contribution in [0.1, 0.15) is 26.3 Å². The monoisotopic (exact) mass is 315 g/mol. The van der Waals surface area contributed by atoms with Gasteiger partial charge >= 0.3 is 5.97 Å². The SMILES string of the molecule is COc1cc(N)ccc1CS(=O)(=O)CC(=O)OC(C)(C)C. The standard InChI is InChI=1S/C14H21NO5S/c1-14(2,3)20-13(16)9-21(17,18)8-10-5-6-11(15)7-12(10)19-4/h5-7H,8-9,15H2,1-4H3. The Labute approximate surface area is 125 Å². The summed E-state index contributed by atoms with van der Waals surface area (Å²) in [7, 11) is -2.22. The van der Waals surface area contributed by atoms with Gasteiger partial charge in [-0.05, 0) is 26.8 Å². The number of hydrogen-bond acceptors (Lipinski definition) is 6. The zero-order chi connectivity index (χ0) is 16.3. The van der Waals surface area contributed by atoms with Crippen molar-refractivity contribution in [3.8, 4) is 5.75 Å². The quantitative estimate of drug-likeness (QED) is 0.654. The molecule has 0 heterocycles. The average Bonchev–Trinajstić information content (AvgIpc) is 2.27. The minimum absolute atomic E-state index is 0.310. The van der Waals surface area contributed by atoms with E-state index >= 15 is 0 Å². The molecular formula is C14H21NO5S. The van der Waals surface area contributed by atoms with Gasteiger partial charge in [0.25, 0.3) is 0 Å². The first kappa shape index (κ1) is 17.3. The van der Waals surface area contributed by atoms with Gasteiger partial charge in [-0.1, -0.05) is 6.07 Å². The zero-order valence-electron chi connectivity index (χ0n) is 12.7. The van der Waals surface area contributed by atoms with Crippen LogP contribution in [0.5, 0.6) is 5.75 Å². The molecule has 21 heavy (non-hydrogen) atoms. The van der Waals surface area contributed by atoms with Crippen molar-refractivity contribution in [2.75, 3.05) is 18.6 Å². The number of nitrogens with two attached hydrogens (primary N) is 1. The molecule has 0 fully saturated rings. The molecule has 0 unspecified atom stereocenters. The number of nitrogen functional groups attached to an aromatic ring is 1. The molecule has 1 aromatic carbocycles. The van der Waals surface area contributed by atoms with Crippen LogP contribution in [0.25, 0.3) is 0 Å². The zero-order valence-corrected chi connectivity index (χ0v) is 13.5. The van der Waals surface area contributed by atoms with Crippen LogP contribution in [0.3, 0.4) is 0 Å². The minimum atomic E-state index is -3.65. The largest absolute Gasteiger partial charge is 0.496 e. The van der Waals surface area contributed by atoms with Gasteiger partial charge in [0.1, 0.15) is 17.1 Å². The van der Waals surface area contributed by atoms with Crippen LogP contribution in [0, 0.1) is 0 Å². The van der Waals surface area contributed by atoms with Crippen molar-refractivity contribution in [3.05, 3.63) is 23.8 Å². The summed E-state index contributed by atoms with van der Waals surface area (Å²) in [6, 6.07) is 4.69. The molecule has 0 amide bonds. The summed E-state index contributed by atoms with van der Waals surface area (Å²) in [5, 5.41) is 0. The van der Waals surface area contributed by atoms with Crippen LogP contribution in [-0.2, 0) is 25.1 Å². The molecule has 0 saturated heterocycles. The molecule has 0 radical (unpaired) electrons. The lowest BCUT2D eigenvalue weighted by Gasteiger charge is -2.19. The number of hydrogen-bond donors (Lipinski definition) is 1. The first-order chi connectivity index (χ1) is 9.52. The Morgan fingerprint density at radius 1 is 1.29 bits per heavy atom. The number of sulfone groups is 1. The van der Waals surface area contributed by atoms with Gasteiger partial charge in [-0.15, -0.1) is 0 Å². The van der Waals surface area contributed by atoms with E-state index in [9.17, 15) is 13.2 Å². The predicted octanol–water partition coefficient (Wildman–Crippen LogP) is 1.53. The van der Waals surface area contributed by atoms with Gasteiger partial charge in [-0.2, -0.15) is 0 Å². The number of ether oxygens (including phenoxy) is 2. The summed E-state index contributed by atoms with van der Waals surface area (Å²) < 4.78 is 34.2. The third-order valence-electron chi connectivity index (χ3n) is 2.44. The lowest BCUT2D eigenvalue weighted by Crippen LogP contribution is -2.29. The fraction of sp³-hybridized carbons (Fsp3) is 0.500. The molecule has 0 atom stereocenters. The number of anilines is 1. The van der Waals surface area contributed by atoms with E-state index < -0.39 is 27.2 Å². The second kappa shape index (κ2) is 6.34. The van der Waals surface area contributed by atoms with Gasteiger partial charge in [0.2, 0.25) is 0 Å². The molecule has 0 aliphatic carbocycles. The van der Waals surface area contributed by atoms with Gasteiger partial charge in [-0.3, -0.25) is 4.79 Å². The summed E-state index contributed by atoms with van der Waals surface area (Å²) >= 11 is 0. The van der Waals surface area contributed by atoms with Crippen molar-refractivity contribution in [1.82, 2.24) is 0 Å². The second-order valence-corrected chi connectivity index (χ2v) is 7.75. The normalized spacial score (nSPS) is 12.0. The van der Waals surface area contributed by atoms with Gasteiger partial charge in [0, 0.05) is 17.3 Å². The summed E-state index contributed by atoms with van der Waals surface area (Å²) in [4.78, 5) is 11.6. The van der Waals surface area contributed by atoms with Crippen molar-refractivity contribution in [2.45, 2.75) is 32.1 Å². The molecule has 0 saturated carbocycles. The third-order valence-corrected chi connectivity index (χ3v) is 3.87. The maximum absolute atomic E-state index is 12.1. The van der Waals surface area contributed by atoms with Gasteiger partial charge in [-0.25, -0.2) is 8.42 Å². The fourth-order valence-corrected chi connectivity index (χ4v) is 2.95. The van der Waals surface area contributed by atoms with Crippen molar-refractivity contribution in [3.63, 3.8) is 0 Å². The minimum Gasteiger partial charge on any atom is -0.496 e. The number of carbonyl (C=O) groups is 1. The molecule has 6 nitrogen and oxygen atoms in total. The van der Waals surface area contributed by atoms with E-state index in [0.717, 1.165) is 0 Å². The van der Waals surface area contributed by atoms with E-state index in [1.54, 1.807) is 39.0 Å². The van der Waals surface area contributed by atoms with Crippen LogP contribution in [0.15, 0.2) is 18.2 Å². The molecule has 2 N–H and O–H groups in total. The number of benzene rings is 1. The van der Waals surface area contributed by atoms with E-state index in [2.05, 4.69) is 0 Å². The highest BCUT2D eigenvalue weighted by molar-refractivity contribution is 7.91. The van der Waals surface area contributed by atoms with Crippen molar-refractivity contribution >= 4 is 21.5 Å².